The summed E-state index contributed by atoms with van der Waals surface area (Å²) in [5, 5.41) is 1.09. The van der Waals surface area contributed by atoms with Gasteiger partial charge in [0.1, 0.15) is 17.3 Å². The van der Waals surface area contributed by atoms with Crippen LogP contribution >= 0.6 is 0 Å². The van der Waals surface area contributed by atoms with E-state index >= 15 is 0 Å². The lowest BCUT2D eigenvalue weighted by Crippen LogP contribution is -2.48. The van der Waals surface area contributed by atoms with Crippen molar-refractivity contribution in [3.05, 3.63) is 95.4 Å². The first kappa shape index (κ1) is 26.8. The molecule has 0 bridgehead atoms. The third-order valence-electron chi connectivity index (χ3n) is 7.79. The second-order valence-electron chi connectivity index (χ2n) is 10.1. The zero-order valence-corrected chi connectivity index (χ0v) is 22.9. The highest BCUT2D eigenvalue weighted by molar-refractivity contribution is 5.87. The Bertz CT molecular complexity index is 1400. The molecule has 1 aliphatic heterocycles. The first-order chi connectivity index (χ1) is 19.0. The molecule has 0 aliphatic carbocycles. The number of para-hydroxylation sites is 1. The summed E-state index contributed by atoms with van der Waals surface area (Å²) in [7, 11) is 3.28. The Morgan fingerprint density at radius 2 is 1.59 bits per heavy atom. The Morgan fingerprint density at radius 1 is 0.923 bits per heavy atom. The van der Waals surface area contributed by atoms with Crippen LogP contribution in [0.1, 0.15) is 36.0 Å². The second-order valence-corrected chi connectivity index (χ2v) is 10.1. The van der Waals surface area contributed by atoms with Crippen LogP contribution < -0.4 is 9.47 Å². The van der Waals surface area contributed by atoms with Crippen molar-refractivity contribution in [1.82, 2.24) is 14.4 Å². The molecule has 204 valence electrons. The molecule has 0 radical (unpaired) electrons. The number of methoxy groups -OCH3 is 2. The largest absolute Gasteiger partial charge is 0.497 e. The van der Waals surface area contributed by atoms with E-state index in [4.69, 9.17) is 9.47 Å². The van der Waals surface area contributed by atoms with Crippen molar-refractivity contribution < 1.29 is 18.7 Å². The van der Waals surface area contributed by atoms with E-state index in [2.05, 4.69) is 34.7 Å². The van der Waals surface area contributed by atoms with E-state index in [1.54, 1.807) is 14.2 Å². The summed E-state index contributed by atoms with van der Waals surface area (Å²) in [6.07, 6.45) is 2.49. The van der Waals surface area contributed by atoms with Gasteiger partial charge in [-0.1, -0.05) is 37.3 Å². The fourth-order valence-corrected chi connectivity index (χ4v) is 5.53. The minimum absolute atomic E-state index is 0.146. The van der Waals surface area contributed by atoms with E-state index in [0.29, 0.717) is 24.5 Å². The van der Waals surface area contributed by atoms with Crippen molar-refractivity contribution in [3.8, 4) is 11.5 Å². The molecule has 1 fully saturated rings. The fraction of sp³-hybridized carbons (Fsp3) is 0.344. The quantitative estimate of drug-likeness (QED) is 0.286. The molecule has 0 saturated carbocycles. The molecule has 4 aromatic rings. The minimum atomic E-state index is -0.248. The van der Waals surface area contributed by atoms with Gasteiger partial charge < -0.3 is 23.8 Å². The van der Waals surface area contributed by atoms with Crippen LogP contribution in [0.5, 0.6) is 11.5 Å². The number of piperazine rings is 1. The number of carbonyl (C=O) groups is 1. The number of amides is 1. The maximum absolute atomic E-state index is 13.7. The molecule has 6 nitrogen and oxygen atoms in total. The number of hydrogen-bond donors (Lipinski definition) is 0. The number of fused-ring (bicyclic) bond motifs is 1. The Kier molecular flexibility index (Phi) is 8.17. The van der Waals surface area contributed by atoms with Gasteiger partial charge in [-0.15, -0.1) is 0 Å². The van der Waals surface area contributed by atoms with Crippen LogP contribution in [0.25, 0.3) is 10.9 Å². The zero-order chi connectivity index (χ0) is 27.4. The predicted molar refractivity (Wildman–Crippen MR) is 152 cm³/mol. The molecule has 0 spiro atoms. The van der Waals surface area contributed by atoms with Crippen molar-refractivity contribution in [2.75, 3.05) is 46.9 Å². The lowest BCUT2D eigenvalue weighted by molar-refractivity contribution is -0.133. The van der Waals surface area contributed by atoms with E-state index in [1.807, 2.05) is 47.4 Å². The summed E-state index contributed by atoms with van der Waals surface area (Å²) in [6.45, 7) is 7.04. The maximum Gasteiger partial charge on any atom is 0.223 e. The summed E-state index contributed by atoms with van der Waals surface area (Å²) in [6, 6.07) is 20.7. The van der Waals surface area contributed by atoms with Gasteiger partial charge in [0.25, 0.3) is 0 Å². The van der Waals surface area contributed by atoms with Crippen molar-refractivity contribution in [3.63, 3.8) is 0 Å². The summed E-state index contributed by atoms with van der Waals surface area (Å²) < 4.78 is 26.9. The van der Waals surface area contributed by atoms with Gasteiger partial charge in [0.15, 0.2) is 0 Å². The van der Waals surface area contributed by atoms with E-state index in [9.17, 15) is 9.18 Å². The van der Waals surface area contributed by atoms with Crippen LogP contribution in [0.2, 0.25) is 0 Å². The zero-order valence-electron chi connectivity index (χ0n) is 22.9. The normalized spacial score (nSPS) is 14.9. The lowest BCUT2D eigenvalue weighted by Gasteiger charge is -2.35. The molecule has 39 heavy (non-hydrogen) atoms. The van der Waals surface area contributed by atoms with Crippen molar-refractivity contribution in [2.24, 2.45) is 0 Å². The molecule has 1 unspecified atom stereocenters. The predicted octanol–water partition coefficient (Wildman–Crippen LogP) is 5.53. The monoisotopic (exact) mass is 529 g/mol. The number of carbonyl (C=O) groups excluding carboxylic acids is 1. The minimum Gasteiger partial charge on any atom is -0.497 e. The molecule has 1 amide bonds. The number of likely N-dealkylation sites (N-methyl/N-ethyl adjacent to an activating group) is 1. The van der Waals surface area contributed by atoms with E-state index in [1.165, 1.54) is 12.1 Å². The topological polar surface area (TPSA) is 46.9 Å². The Hall–Kier alpha value is -3.84. The highest BCUT2D eigenvalue weighted by Crippen LogP contribution is 2.38. The molecule has 1 saturated heterocycles. The molecule has 2 heterocycles. The molecule has 0 N–H and O–H groups in total. The fourth-order valence-electron chi connectivity index (χ4n) is 5.53. The Morgan fingerprint density at radius 3 is 2.23 bits per heavy atom. The molecule has 1 aliphatic rings. The van der Waals surface area contributed by atoms with Gasteiger partial charge in [-0.25, -0.2) is 4.39 Å². The first-order valence-corrected chi connectivity index (χ1v) is 13.5. The van der Waals surface area contributed by atoms with Gasteiger partial charge >= 0.3 is 0 Å². The smallest absolute Gasteiger partial charge is 0.223 e. The third kappa shape index (κ3) is 5.93. The van der Waals surface area contributed by atoms with Crippen LogP contribution in [0, 0.1) is 5.82 Å². The average molecular weight is 530 g/mol. The summed E-state index contributed by atoms with van der Waals surface area (Å²) in [4.78, 5) is 18.1. The standard InChI is InChI=1S/C32H36FN3O3/c1-4-34-13-15-35(16-14-34)32(37)20-29(24-17-26(38-2)19-27(18-24)39-3)30-22-36(31-8-6-5-7-28(30)31)21-23-9-11-25(33)12-10-23/h5-12,17-19,22,29H,4,13-16,20-21H2,1-3H3. The molecule has 5 rings (SSSR count). The summed E-state index contributed by atoms with van der Waals surface area (Å²) in [5.74, 6) is 1.07. The van der Waals surface area contributed by atoms with Gasteiger partial charge in [0.2, 0.25) is 5.91 Å². The van der Waals surface area contributed by atoms with Crippen molar-refractivity contribution in [1.29, 1.82) is 0 Å². The molecular weight excluding hydrogens is 493 g/mol. The van der Waals surface area contributed by atoms with E-state index in [0.717, 1.165) is 60.3 Å². The highest BCUT2D eigenvalue weighted by Gasteiger charge is 2.28. The Labute approximate surface area is 229 Å². The lowest BCUT2D eigenvalue weighted by atomic mass is 9.87. The van der Waals surface area contributed by atoms with Crippen LogP contribution in [0.15, 0.2) is 72.9 Å². The van der Waals surface area contributed by atoms with Gasteiger partial charge in [0.05, 0.1) is 14.2 Å². The van der Waals surface area contributed by atoms with E-state index < -0.39 is 0 Å². The molecule has 7 heteroatoms. The summed E-state index contributed by atoms with van der Waals surface area (Å²) in [5.41, 5.74) is 4.12. The van der Waals surface area contributed by atoms with Crippen molar-refractivity contribution >= 4 is 16.8 Å². The van der Waals surface area contributed by atoms with Crippen LogP contribution in [-0.4, -0.2) is 67.2 Å². The SMILES string of the molecule is CCN1CCN(C(=O)CC(c2cc(OC)cc(OC)c2)c2cn(Cc3ccc(F)cc3)c3ccccc23)CC1. The average Bonchev–Trinajstić information content (AvgIpc) is 3.34. The maximum atomic E-state index is 13.7. The van der Waals surface area contributed by atoms with E-state index in [-0.39, 0.29) is 17.6 Å². The highest BCUT2D eigenvalue weighted by atomic mass is 19.1. The van der Waals surface area contributed by atoms with Gasteiger partial charge in [-0.2, -0.15) is 0 Å². The number of rotatable bonds is 9. The van der Waals surface area contributed by atoms with Crippen LogP contribution in [0.4, 0.5) is 4.39 Å². The number of halogens is 1. The first-order valence-electron chi connectivity index (χ1n) is 13.5. The van der Waals surface area contributed by atoms with Crippen molar-refractivity contribution in [2.45, 2.75) is 25.8 Å². The number of hydrogen-bond acceptors (Lipinski definition) is 4. The van der Waals surface area contributed by atoms with Gasteiger partial charge in [-0.05, 0) is 53.6 Å². The molecule has 3 aromatic carbocycles. The third-order valence-corrected chi connectivity index (χ3v) is 7.79. The number of ether oxygens (including phenoxy) is 2. The summed E-state index contributed by atoms with van der Waals surface area (Å²) >= 11 is 0. The van der Waals surface area contributed by atoms with Gasteiger partial charge in [-0.3, -0.25) is 4.79 Å². The number of aromatic nitrogens is 1. The van der Waals surface area contributed by atoms with Crippen LogP contribution in [-0.2, 0) is 11.3 Å². The number of nitrogens with zero attached hydrogens (tertiary/aromatic N) is 3. The second kappa shape index (κ2) is 11.9. The molecular formula is C32H36FN3O3. The Balaban J connectivity index is 1.56. The number of benzene rings is 3. The van der Waals surface area contributed by atoms with Crippen LogP contribution in [0.3, 0.4) is 0 Å². The molecule has 1 atom stereocenters. The molecule has 1 aromatic heterocycles. The van der Waals surface area contributed by atoms with Gasteiger partial charge in [0, 0.05) is 68.2 Å².